The van der Waals surface area contributed by atoms with Crippen LogP contribution in [0.15, 0.2) is 0 Å². The van der Waals surface area contributed by atoms with E-state index in [9.17, 15) is 4.79 Å². The van der Waals surface area contributed by atoms with Crippen molar-refractivity contribution in [3.8, 4) is 0 Å². The number of H-pyrrole nitrogens is 1. The van der Waals surface area contributed by atoms with Gasteiger partial charge in [-0.15, -0.1) is 0 Å². The van der Waals surface area contributed by atoms with Crippen molar-refractivity contribution in [3.63, 3.8) is 0 Å². The molecule has 4 N–H and O–H groups in total. The van der Waals surface area contributed by atoms with E-state index in [0.717, 1.165) is 44.1 Å². The summed E-state index contributed by atoms with van der Waals surface area (Å²) in [6.07, 6.45) is 5.95. The van der Waals surface area contributed by atoms with Gasteiger partial charge in [0.25, 0.3) is 5.91 Å². The number of aromatic nitrogens is 2. The van der Waals surface area contributed by atoms with Crippen LogP contribution in [0.2, 0.25) is 0 Å². The SMILES string of the molecule is Nc1c(C(=O)NC2CCN(C3CC3)C2)n[nH]c1C1CC1. The number of likely N-dealkylation sites (tertiary alicyclic amines) is 1. The Labute approximate surface area is 118 Å². The third kappa shape index (κ3) is 2.18. The largest absolute Gasteiger partial charge is 0.395 e. The minimum atomic E-state index is -0.131. The number of anilines is 1. The highest BCUT2D eigenvalue weighted by Crippen LogP contribution is 2.42. The molecule has 6 nitrogen and oxygen atoms in total. The fourth-order valence-electron chi connectivity index (χ4n) is 3.15. The van der Waals surface area contributed by atoms with Crippen LogP contribution in [0.25, 0.3) is 0 Å². The first-order valence-corrected chi connectivity index (χ1v) is 7.61. The maximum absolute atomic E-state index is 12.3. The summed E-state index contributed by atoms with van der Waals surface area (Å²) in [6, 6.07) is 1.01. The van der Waals surface area contributed by atoms with Crippen LogP contribution < -0.4 is 11.1 Å². The van der Waals surface area contributed by atoms with Crippen LogP contribution in [0, 0.1) is 0 Å². The number of nitrogens with one attached hydrogen (secondary N) is 2. The molecule has 4 rings (SSSR count). The van der Waals surface area contributed by atoms with Crippen LogP contribution in [0.3, 0.4) is 0 Å². The zero-order valence-electron chi connectivity index (χ0n) is 11.6. The lowest BCUT2D eigenvalue weighted by molar-refractivity contribution is 0.0933. The molecule has 108 valence electrons. The first-order valence-electron chi connectivity index (χ1n) is 7.61. The number of amides is 1. The van der Waals surface area contributed by atoms with Crippen molar-refractivity contribution in [2.45, 2.75) is 50.1 Å². The molecule has 3 fully saturated rings. The lowest BCUT2D eigenvalue weighted by atomic mass is 10.2. The van der Waals surface area contributed by atoms with E-state index in [2.05, 4.69) is 20.4 Å². The molecule has 1 aliphatic heterocycles. The normalized spacial score (nSPS) is 26.9. The molecule has 2 heterocycles. The van der Waals surface area contributed by atoms with Crippen molar-refractivity contribution in [2.75, 3.05) is 18.8 Å². The van der Waals surface area contributed by atoms with E-state index in [1.807, 2.05) is 0 Å². The summed E-state index contributed by atoms with van der Waals surface area (Å²) < 4.78 is 0. The molecular weight excluding hydrogens is 254 g/mol. The highest BCUT2D eigenvalue weighted by atomic mass is 16.2. The lowest BCUT2D eigenvalue weighted by Gasteiger charge is -2.15. The molecule has 1 aromatic rings. The average molecular weight is 275 g/mol. The van der Waals surface area contributed by atoms with Crippen molar-refractivity contribution < 1.29 is 4.79 Å². The van der Waals surface area contributed by atoms with E-state index in [1.165, 1.54) is 12.8 Å². The van der Waals surface area contributed by atoms with Crippen molar-refractivity contribution in [3.05, 3.63) is 11.4 Å². The molecule has 20 heavy (non-hydrogen) atoms. The van der Waals surface area contributed by atoms with Crippen LogP contribution in [-0.4, -0.2) is 46.2 Å². The zero-order valence-corrected chi connectivity index (χ0v) is 11.6. The molecular formula is C14H21N5O. The maximum Gasteiger partial charge on any atom is 0.274 e. The summed E-state index contributed by atoms with van der Waals surface area (Å²) in [5.41, 5.74) is 7.90. The Balaban J connectivity index is 1.40. The Morgan fingerprint density at radius 3 is 2.80 bits per heavy atom. The van der Waals surface area contributed by atoms with Crippen LogP contribution in [0.5, 0.6) is 0 Å². The molecule has 3 aliphatic rings. The summed E-state index contributed by atoms with van der Waals surface area (Å²) in [5, 5.41) is 10.1. The molecule has 1 saturated heterocycles. The van der Waals surface area contributed by atoms with Gasteiger partial charge in [-0.1, -0.05) is 0 Å². The van der Waals surface area contributed by atoms with E-state index in [1.54, 1.807) is 0 Å². The highest BCUT2D eigenvalue weighted by Gasteiger charge is 2.36. The summed E-state index contributed by atoms with van der Waals surface area (Å²) in [6.45, 7) is 2.06. The number of hydrogen-bond donors (Lipinski definition) is 3. The topological polar surface area (TPSA) is 87.0 Å². The lowest BCUT2D eigenvalue weighted by Crippen LogP contribution is -2.37. The number of hydrogen-bond acceptors (Lipinski definition) is 4. The maximum atomic E-state index is 12.3. The average Bonchev–Trinajstić information content (AvgIpc) is 3.35. The molecule has 1 unspecified atom stereocenters. The minimum absolute atomic E-state index is 0.131. The van der Waals surface area contributed by atoms with Gasteiger partial charge >= 0.3 is 0 Å². The Morgan fingerprint density at radius 2 is 2.10 bits per heavy atom. The predicted octanol–water partition coefficient (Wildman–Crippen LogP) is 0.836. The first kappa shape index (κ1) is 12.2. The Bertz CT molecular complexity index is 532. The number of nitrogens with two attached hydrogens (primary N) is 1. The number of rotatable bonds is 4. The van der Waals surface area contributed by atoms with Gasteiger partial charge in [0, 0.05) is 31.1 Å². The van der Waals surface area contributed by atoms with Crippen molar-refractivity contribution in [1.82, 2.24) is 20.4 Å². The van der Waals surface area contributed by atoms with Gasteiger partial charge in [0.15, 0.2) is 5.69 Å². The number of carbonyl (C=O) groups is 1. The van der Waals surface area contributed by atoms with Crippen LogP contribution in [0.4, 0.5) is 5.69 Å². The third-order valence-electron chi connectivity index (χ3n) is 4.65. The van der Waals surface area contributed by atoms with Gasteiger partial charge < -0.3 is 11.1 Å². The van der Waals surface area contributed by atoms with Crippen molar-refractivity contribution in [2.24, 2.45) is 0 Å². The summed E-state index contributed by atoms with van der Waals surface area (Å²) in [7, 11) is 0. The predicted molar refractivity (Wildman–Crippen MR) is 75.4 cm³/mol. The van der Waals surface area contributed by atoms with Gasteiger partial charge in [0.05, 0.1) is 11.4 Å². The molecule has 0 radical (unpaired) electrons. The smallest absolute Gasteiger partial charge is 0.274 e. The number of nitrogens with zero attached hydrogens (tertiary/aromatic N) is 2. The molecule has 1 amide bonds. The number of aromatic amines is 1. The summed E-state index contributed by atoms with van der Waals surface area (Å²) >= 11 is 0. The van der Waals surface area contributed by atoms with Gasteiger partial charge in [0.1, 0.15) is 0 Å². The monoisotopic (exact) mass is 275 g/mol. The van der Waals surface area contributed by atoms with E-state index in [4.69, 9.17) is 5.73 Å². The zero-order chi connectivity index (χ0) is 13.7. The standard InChI is InChI=1S/C14H21N5O/c15-11-12(8-1-2-8)17-18-13(11)14(20)16-9-5-6-19(7-9)10-3-4-10/h8-10H,1-7,15H2,(H,16,20)(H,17,18). The summed E-state index contributed by atoms with van der Waals surface area (Å²) in [5.74, 6) is 0.356. The van der Waals surface area contributed by atoms with Crippen molar-refractivity contribution >= 4 is 11.6 Å². The summed E-state index contributed by atoms with van der Waals surface area (Å²) in [4.78, 5) is 14.8. The van der Waals surface area contributed by atoms with Crippen molar-refractivity contribution in [1.29, 1.82) is 0 Å². The third-order valence-corrected chi connectivity index (χ3v) is 4.65. The second-order valence-corrected chi connectivity index (χ2v) is 6.36. The molecule has 1 aromatic heterocycles. The molecule has 2 aliphatic carbocycles. The Hall–Kier alpha value is -1.56. The van der Waals surface area contributed by atoms with E-state index < -0.39 is 0 Å². The van der Waals surface area contributed by atoms with E-state index in [0.29, 0.717) is 17.3 Å². The van der Waals surface area contributed by atoms with Gasteiger partial charge in [-0.05, 0) is 32.1 Å². The van der Waals surface area contributed by atoms with Gasteiger partial charge in [0.2, 0.25) is 0 Å². The number of nitrogen functional groups attached to an aromatic ring is 1. The highest BCUT2D eigenvalue weighted by molar-refractivity contribution is 5.98. The minimum Gasteiger partial charge on any atom is -0.395 e. The van der Waals surface area contributed by atoms with E-state index >= 15 is 0 Å². The van der Waals surface area contributed by atoms with Crippen LogP contribution >= 0.6 is 0 Å². The van der Waals surface area contributed by atoms with Gasteiger partial charge in [-0.25, -0.2) is 0 Å². The second kappa shape index (κ2) is 4.48. The Kier molecular flexibility index (Phi) is 2.73. The molecule has 6 heteroatoms. The quantitative estimate of drug-likeness (QED) is 0.760. The van der Waals surface area contributed by atoms with E-state index in [-0.39, 0.29) is 11.9 Å². The fraction of sp³-hybridized carbons (Fsp3) is 0.714. The fourth-order valence-corrected chi connectivity index (χ4v) is 3.15. The Morgan fingerprint density at radius 1 is 1.30 bits per heavy atom. The van der Waals surface area contributed by atoms with Gasteiger partial charge in [-0.2, -0.15) is 5.10 Å². The van der Waals surface area contributed by atoms with Gasteiger partial charge in [-0.3, -0.25) is 14.8 Å². The van der Waals surface area contributed by atoms with Crippen LogP contribution in [-0.2, 0) is 0 Å². The molecule has 1 atom stereocenters. The molecule has 2 saturated carbocycles. The first-order chi connectivity index (χ1) is 9.72. The molecule has 0 spiro atoms. The number of carbonyl (C=O) groups excluding carboxylic acids is 1. The molecule has 0 aromatic carbocycles. The second-order valence-electron chi connectivity index (χ2n) is 6.36. The molecule has 0 bridgehead atoms. The van der Waals surface area contributed by atoms with Crippen LogP contribution in [0.1, 0.15) is 54.2 Å².